The summed E-state index contributed by atoms with van der Waals surface area (Å²) in [6.45, 7) is 1.51. The summed E-state index contributed by atoms with van der Waals surface area (Å²) in [4.78, 5) is 14.5. The van der Waals surface area contributed by atoms with Gasteiger partial charge in [0.25, 0.3) is 0 Å². The van der Waals surface area contributed by atoms with Gasteiger partial charge in [0, 0.05) is 11.5 Å². The number of ether oxygens (including phenoxy) is 2. The van der Waals surface area contributed by atoms with Crippen molar-refractivity contribution in [3.8, 4) is 5.88 Å². The first-order valence-electron chi connectivity index (χ1n) is 6.04. The van der Waals surface area contributed by atoms with Gasteiger partial charge in [-0.2, -0.15) is 13.2 Å². The molecule has 0 saturated carbocycles. The van der Waals surface area contributed by atoms with Gasteiger partial charge in [0.15, 0.2) is 0 Å². The summed E-state index contributed by atoms with van der Waals surface area (Å²) in [5.74, 6) is -2.44. The molecule has 1 rings (SSSR count). The monoisotopic (exact) mass is 409 g/mol. The van der Waals surface area contributed by atoms with Gasteiger partial charge in [-0.25, -0.2) is 4.98 Å². The molecule has 1 aromatic heterocycles. The molecule has 0 spiro atoms. The van der Waals surface area contributed by atoms with Crippen LogP contribution in [-0.2, 0) is 27.5 Å². The molecule has 0 saturated heterocycles. The summed E-state index contributed by atoms with van der Waals surface area (Å²) in [5, 5.41) is -0.451. The Morgan fingerprint density at radius 1 is 1.26 bits per heavy atom. The lowest BCUT2D eigenvalue weighted by Gasteiger charge is -2.19. The third-order valence-corrected chi connectivity index (χ3v) is 3.07. The summed E-state index contributed by atoms with van der Waals surface area (Å²) in [7, 11) is 0. The molecule has 0 aliphatic heterocycles. The first-order chi connectivity index (χ1) is 10.5. The van der Waals surface area contributed by atoms with Gasteiger partial charge in [-0.1, -0.05) is 15.9 Å². The number of aromatic nitrogens is 1. The molecule has 0 aliphatic carbocycles. The lowest BCUT2D eigenvalue weighted by atomic mass is 10.0. The number of rotatable bonds is 5. The van der Waals surface area contributed by atoms with E-state index in [1.54, 1.807) is 0 Å². The van der Waals surface area contributed by atoms with E-state index in [4.69, 9.17) is 0 Å². The Morgan fingerprint density at radius 2 is 1.87 bits per heavy atom. The van der Waals surface area contributed by atoms with Gasteiger partial charge >= 0.3 is 18.5 Å². The average Bonchev–Trinajstić information content (AvgIpc) is 2.37. The maximum absolute atomic E-state index is 13.1. The van der Waals surface area contributed by atoms with Crippen molar-refractivity contribution in [2.24, 2.45) is 0 Å². The van der Waals surface area contributed by atoms with E-state index in [1.165, 1.54) is 6.92 Å². The summed E-state index contributed by atoms with van der Waals surface area (Å²) in [5.41, 5.74) is -2.46. The molecule has 11 heteroatoms. The van der Waals surface area contributed by atoms with Crippen LogP contribution in [0.1, 0.15) is 23.6 Å². The van der Waals surface area contributed by atoms with Crippen LogP contribution in [-0.4, -0.2) is 23.9 Å². The largest absolute Gasteiger partial charge is 0.574 e. The summed E-state index contributed by atoms with van der Waals surface area (Å²) in [6.07, 6.45) is -10.3. The smallest absolute Gasteiger partial charge is 0.466 e. The number of alkyl halides is 7. The van der Waals surface area contributed by atoms with Crippen LogP contribution in [0.5, 0.6) is 5.88 Å². The number of carbonyl (C=O) groups is 1. The first kappa shape index (κ1) is 19.5. The average molecular weight is 410 g/mol. The Kier molecular flexibility index (Phi) is 6.25. The minimum absolute atomic E-state index is 0.0112. The number of esters is 1. The maximum Gasteiger partial charge on any atom is 0.574 e. The maximum atomic E-state index is 13.1. The Hall–Kier alpha value is -1.52. The Morgan fingerprint density at radius 3 is 2.30 bits per heavy atom. The molecule has 1 aromatic rings. The molecular weight excluding hydrogens is 400 g/mol. The molecule has 1 heterocycles. The highest BCUT2D eigenvalue weighted by Gasteiger charge is 2.43. The third-order valence-electron chi connectivity index (χ3n) is 2.51. The fourth-order valence-corrected chi connectivity index (χ4v) is 2.36. The molecule has 4 nitrogen and oxygen atoms in total. The Bertz CT molecular complexity index is 573. The van der Waals surface area contributed by atoms with Gasteiger partial charge < -0.3 is 9.47 Å². The SMILES string of the molecule is CCOC(=O)Cc1cnc(OC(F)(F)F)c(C(F)(F)F)c1CBr. The fourth-order valence-electron chi connectivity index (χ4n) is 1.72. The van der Waals surface area contributed by atoms with Crippen LogP contribution in [0.4, 0.5) is 26.3 Å². The Labute approximate surface area is 134 Å². The van der Waals surface area contributed by atoms with Gasteiger partial charge in [-0.15, -0.1) is 13.2 Å². The van der Waals surface area contributed by atoms with Crippen molar-refractivity contribution in [3.63, 3.8) is 0 Å². The van der Waals surface area contributed by atoms with Crippen LogP contribution in [0.2, 0.25) is 0 Å². The van der Waals surface area contributed by atoms with E-state index < -0.39 is 47.3 Å². The number of hydrogen-bond acceptors (Lipinski definition) is 4. The normalized spacial score (nSPS) is 12.2. The zero-order chi connectivity index (χ0) is 17.8. The number of carbonyl (C=O) groups excluding carboxylic acids is 1. The van der Waals surface area contributed by atoms with E-state index in [-0.39, 0.29) is 12.2 Å². The number of halogens is 7. The van der Waals surface area contributed by atoms with Crippen LogP contribution in [0.15, 0.2) is 6.20 Å². The van der Waals surface area contributed by atoms with Crippen molar-refractivity contribution in [2.45, 2.75) is 31.2 Å². The van der Waals surface area contributed by atoms with Gasteiger partial charge in [0.1, 0.15) is 5.56 Å². The quantitative estimate of drug-likeness (QED) is 0.419. The molecule has 0 amide bonds. The van der Waals surface area contributed by atoms with Crippen molar-refractivity contribution < 1.29 is 40.6 Å². The highest BCUT2D eigenvalue weighted by Crippen LogP contribution is 2.41. The summed E-state index contributed by atoms with van der Waals surface area (Å²) >= 11 is 2.78. The van der Waals surface area contributed by atoms with Crippen LogP contribution < -0.4 is 4.74 Å². The van der Waals surface area contributed by atoms with Gasteiger partial charge in [0.05, 0.1) is 13.0 Å². The van der Waals surface area contributed by atoms with E-state index in [9.17, 15) is 31.1 Å². The van der Waals surface area contributed by atoms with Crippen LogP contribution >= 0.6 is 15.9 Å². The topological polar surface area (TPSA) is 48.4 Å². The second-order valence-corrected chi connectivity index (χ2v) is 4.66. The second-order valence-electron chi connectivity index (χ2n) is 4.10. The summed E-state index contributed by atoms with van der Waals surface area (Å²) in [6, 6.07) is 0. The predicted molar refractivity (Wildman–Crippen MR) is 68.9 cm³/mol. The van der Waals surface area contributed by atoms with Crippen molar-refractivity contribution in [3.05, 3.63) is 22.9 Å². The zero-order valence-corrected chi connectivity index (χ0v) is 13.1. The van der Waals surface area contributed by atoms with Crippen molar-refractivity contribution in [1.82, 2.24) is 4.98 Å². The van der Waals surface area contributed by atoms with Crippen LogP contribution in [0, 0.1) is 0 Å². The molecular formula is C12H10BrF6NO3. The number of nitrogens with zero attached hydrogens (tertiary/aromatic N) is 1. The van der Waals surface area contributed by atoms with Crippen molar-refractivity contribution in [1.29, 1.82) is 0 Å². The molecule has 0 fully saturated rings. The lowest BCUT2D eigenvalue weighted by molar-refractivity contribution is -0.278. The molecule has 0 aromatic carbocycles. The standard InChI is InChI=1S/C12H10BrF6NO3/c1-2-22-8(21)3-6-5-20-10(23-12(17,18)19)9(7(6)4-13)11(14,15)16/h5H,2-4H2,1H3. The molecule has 0 aliphatic rings. The van der Waals surface area contributed by atoms with E-state index >= 15 is 0 Å². The zero-order valence-electron chi connectivity index (χ0n) is 11.5. The van der Waals surface area contributed by atoms with Gasteiger partial charge in [0.2, 0.25) is 5.88 Å². The predicted octanol–water partition coefficient (Wildman–Crippen LogP) is 4.00. The second kappa shape index (κ2) is 7.37. The third kappa shape index (κ3) is 5.56. The first-order valence-corrected chi connectivity index (χ1v) is 7.17. The van der Waals surface area contributed by atoms with Crippen molar-refractivity contribution >= 4 is 21.9 Å². The van der Waals surface area contributed by atoms with E-state index in [2.05, 4.69) is 30.4 Å². The Balaban J connectivity index is 3.40. The number of hydrogen-bond donors (Lipinski definition) is 0. The van der Waals surface area contributed by atoms with Gasteiger partial charge in [-0.3, -0.25) is 4.79 Å². The molecule has 0 unspecified atom stereocenters. The van der Waals surface area contributed by atoms with Crippen LogP contribution in [0.3, 0.4) is 0 Å². The van der Waals surface area contributed by atoms with E-state index in [1.807, 2.05) is 0 Å². The minimum Gasteiger partial charge on any atom is -0.466 e. The lowest BCUT2D eigenvalue weighted by Crippen LogP contribution is -2.23. The van der Waals surface area contributed by atoms with E-state index in [0.717, 1.165) is 6.20 Å². The van der Waals surface area contributed by atoms with Crippen molar-refractivity contribution in [2.75, 3.05) is 6.61 Å². The molecule has 23 heavy (non-hydrogen) atoms. The van der Waals surface area contributed by atoms with Gasteiger partial charge in [-0.05, 0) is 18.1 Å². The molecule has 0 radical (unpaired) electrons. The molecule has 130 valence electrons. The van der Waals surface area contributed by atoms with Crippen LogP contribution in [0.25, 0.3) is 0 Å². The molecule has 0 bridgehead atoms. The summed E-state index contributed by atoms with van der Waals surface area (Å²) < 4.78 is 84.0. The molecule has 0 N–H and O–H groups in total. The number of pyridine rings is 1. The molecule has 0 atom stereocenters. The van der Waals surface area contributed by atoms with E-state index in [0.29, 0.717) is 0 Å². The fraction of sp³-hybridized carbons (Fsp3) is 0.500. The highest BCUT2D eigenvalue weighted by atomic mass is 79.9. The highest BCUT2D eigenvalue weighted by molar-refractivity contribution is 9.08. The minimum atomic E-state index is -5.33.